The summed E-state index contributed by atoms with van der Waals surface area (Å²) in [5.41, 5.74) is 3.26. The van der Waals surface area contributed by atoms with Crippen molar-refractivity contribution >= 4 is 17.7 Å². The standard InChI is InChI=1S/C16H12FNO2/c17-14-7-11(9-19)5-6-16(14)20-10-13-8-12-3-1-2-4-15(12)18-13/h1-7,9H,8,10H2. The molecule has 2 aromatic carbocycles. The lowest BCUT2D eigenvalue weighted by atomic mass is 10.1. The van der Waals surface area contributed by atoms with E-state index in [2.05, 4.69) is 4.99 Å². The van der Waals surface area contributed by atoms with Crippen LogP contribution in [-0.2, 0) is 6.42 Å². The molecule has 0 bridgehead atoms. The van der Waals surface area contributed by atoms with Crippen molar-refractivity contribution in [3.05, 3.63) is 59.4 Å². The van der Waals surface area contributed by atoms with Crippen LogP contribution in [0.4, 0.5) is 10.1 Å². The summed E-state index contributed by atoms with van der Waals surface area (Å²) in [7, 11) is 0. The molecule has 20 heavy (non-hydrogen) atoms. The number of hydrogen-bond donors (Lipinski definition) is 0. The number of rotatable bonds is 4. The van der Waals surface area contributed by atoms with Gasteiger partial charge in [-0.1, -0.05) is 18.2 Å². The van der Waals surface area contributed by atoms with Crippen LogP contribution < -0.4 is 4.74 Å². The molecule has 0 radical (unpaired) electrons. The van der Waals surface area contributed by atoms with Gasteiger partial charge in [0, 0.05) is 12.0 Å². The Hall–Kier alpha value is -2.49. The Bertz CT molecular complexity index is 695. The van der Waals surface area contributed by atoms with Crippen molar-refractivity contribution in [3.63, 3.8) is 0 Å². The zero-order valence-corrected chi connectivity index (χ0v) is 10.7. The van der Waals surface area contributed by atoms with Gasteiger partial charge in [0.15, 0.2) is 11.6 Å². The van der Waals surface area contributed by atoms with E-state index < -0.39 is 5.82 Å². The van der Waals surface area contributed by atoms with Crippen molar-refractivity contribution in [2.75, 3.05) is 6.61 Å². The third-order valence-corrected chi connectivity index (χ3v) is 3.15. The first-order chi connectivity index (χ1) is 9.76. The van der Waals surface area contributed by atoms with Crippen LogP contribution in [0.25, 0.3) is 0 Å². The molecular weight excluding hydrogens is 257 g/mol. The van der Waals surface area contributed by atoms with Gasteiger partial charge in [-0.25, -0.2) is 4.39 Å². The number of para-hydroxylation sites is 1. The Morgan fingerprint density at radius 1 is 1.25 bits per heavy atom. The first kappa shape index (κ1) is 12.5. The van der Waals surface area contributed by atoms with E-state index in [1.165, 1.54) is 12.1 Å². The fourth-order valence-electron chi connectivity index (χ4n) is 2.15. The Kier molecular flexibility index (Phi) is 3.29. The topological polar surface area (TPSA) is 38.7 Å². The molecule has 0 spiro atoms. The van der Waals surface area contributed by atoms with Crippen LogP contribution in [0.15, 0.2) is 47.5 Å². The number of aliphatic imine (C=N–C) groups is 1. The van der Waals surface area contributed by atoms with Crippen molar-refractivity contribution in [3.8, 4) is 5.75 Å². The number of fused-ring (bicyclic) bond motifs is 1. The number of ether oxygens (including phenoxy) is 1. The maximum atomic E-state index is 13.7. The highest BCUT2D eigenvalue weighted by Crippen LogP contribution is 2.26. The van der Waals surface area contributed by atoms with E-state index in [0.717, 1.165) is 29.4 Å². The van der Waals surface area contributed by atoms with Crippen molar-refractivity contribution < 1.29 is 13.9 Å². The molecule has 0 fully saturated rings. The summed E-state index contributed by atoms with van der Waals surface area (Å²) < 4.78 is 19.1. The molecule has 0 aromatic heterocycles. The summed E-state index contributed by atoms with van der Waals surface area (Å²) >= 11 is 0. The summed E-state index contributed by atoms with van der Waals surface area (Å²) in [5.74, 6) is -0.403. The lowest BCUT2D eigenvalue weighted by molar-refractivity contribution is 0.112. The Labute approximate surface area is 115 Å². The maximum Gasteiger partial charge on any atom is 0.165 e. The van der Waals surface area contributed by atoms with Gasteiger partial charge >= 0.3 is 0 Å². The van der Waals surface area contributed by atoms with Crippen LogP contribution >= 0.6 is 0 Å². The molecule has 0 saturated carbocycles. The monoisotopic (exact) mass is 269 g/mol. The first-order valence-electron chi connectivity index (χ1n) is 6.28. The quantitative estimate of drug-likeness (QED) is 0.798. The third kappa shape index (κ3) is 2.45. The Morgan fingerprint density at radius 3 is 2.85 bits per heavy atom. The van der Waals surface area contributed by atoms with Gasteiger partial charge in [0.2, 0.25) is 0 Å². The number of halogens is 1. The number of benzene rings is 2. The molecule has 3 nitrogen and oxygen atoms in total. The summed E-state index contributed by atoms with van der Waals surface area (Å²) in [6.07, 6.45) is 1.33. The van der Waals surface area contributed by atoms with Gasteiger partial charge in [0.25, 0.3) is 0 Å². The minimum absolute atomic E-state index is 0.134. The molecule has 0 unspecified atom stereocenters. The predicted octanol–water partition coefficient (Wildman–Crippen LogP) is 3.35. The second-order valence-electron chi connectivity index (χ2n) is 4.58. The van der Waals surface area contributed by atoms with E-state index in [0.29, 0.717) is 11.8 Å². The van der Waals surface area contributed by atoms with Gasteiger partial charge in [-0.3, -0.25) is 9.79 Å². The van der Waals surface area contributed by atoms with Crippen molar-refractivity contribution in [2.24, 2.45) is 4.99 Å². The fourth-order valence-corrected chi connectivity index (χ4v) is 2.15. The maximum absolute atomic E-state index is 13.7. The van der Waals surface area contributed by atoms with E-state index in [9.17, 15) is 9.18 Å². The van der Waals surface area contributed by atoms with E-state index in [1.807, 2.05) is 24.3 Å². The number of aldehydes is 1. The van der Waals surface area contributed by atoms with Gasteiger partial charge in [-0.05, 0) is 29.8 Å². The van der Waals surface area contributed by atoms with Gasteiger partial charge in [-0.15, -0.1) is 0 Å². The molecule has 0 saturated heterocycles. The highest BCUT2D eigenvalue weighted by Gasteiger charge is 2.14. The smallest absolute Gasteiger partial charge is 0.165 e. The molecule has 100 valence electrons. The molecule has 3 rings (SSSR count). The average molecular weight is 269 g/mol. The summed E-state index contributed by atoms with van der Waals surface area (Å²) in [4.78, 5) is 15.0. The third-order valence-electron chi connectivity index (χ3n) is 3.15. The van der Waals surface area contributed by atoms with E-state index in [1.54, 1.807) is 0 Å². The van der Waals surface area contributed by atoms with Gasteiger partial charge in [0.05, 0.1) is 11.4 Å². The van der Waals surface area contributed by atoms with Crippen molar-refractivity contribution in [1.82, 2.24) is 0 Å². The van der Waals surface area contributed by atoms with E-state index >= 15 is 0 Å². The zero-order chi connectivity index (χ0) is 13.9. The van der Waals surface area contributed by atoms with Crippen LogP contribution in [0, 0.1) is 5.82 Å². The van der Waals surface area contributed by atoms with E-state index in [-0.39, 0.29) is 12.4 Å². The molecule has 1 aliphatic heterocycles. The highest BCUT2D eigenvalue weighted by atomic mass is 19.1. The first-order valence-corrected chi connectivity index (χ1v) is 6.28. The number of carbonyl (C=O) groups excluding carboxylic acids is 1. The molecule has 0 aliphatic carbocycles. The minimum Gasteiger partial charge on any atom is -0.485 e. The second-order valence-corrected chi connectivity index (χ2v) is 4.58. The van der Waals surface area contributed by atoms with Gasteiger partial charge < -0.3 is 4.74 Å². The van der Waals surface area contributed by atoms with Crippen LogP contribution in [0.5, 0.6) is 5.75 Å². The molecule has 1 heterocycles. The largest absolute Gasteiger partial charge is 0.485 e. The average Bonchev–Trinajstić information content (AvgIpc) is 2.88. The van der Waals surface area contributed by atoms with E-state index in [4.69, 9.17) is 4.74 Å². The van der Waals surface area contributed by atoms with Gasteiger partial charge in [-0.2, -0.15) is 0 Å². The lowest BCUT2D eigenvalue weighted by Crippen LogP contribution is -2.12. The molecule has 2 aromatic rings. The van der Waals surface area contributed by atoms with Crippen molar-refractivity contribution in [1.29, 1.82) is 0 Å². The zero-order valence-electron chi connectivity index (χ0n) is 10.7. The summed E-state index contributed by atoms with van der Waals surface area (Å²) in [6.45, 7) is 0.242. The normalized spacial score (nSPS) is 12.8. The lowest BCUT2D eigenvalue weighted by Gasteiger charge is -2.07. The summed E-state index contributed by atoms with van der Waals surface area (Å²) in [5, 5.41) is 0. The SMILES string of the molecule is O=Cc1ccc(OCC2=Nc3ccccc3C2)c(F)c1. The summed E-state index contributed by atoms with van der Waals surface area (Å²) in [6, 6.07) is 12.0. The molecule has 0 amide bonds. The van der Waals surface area contributed by atoms with Crippen molar-refractivity contribution in [2.45, 2.75) is 6.42 Å². The number of hydrogen-bond acceptors (Lipinski definition) is 3. The molecule has 4 heteroatoms. The minimum atomic E-state index is -0.536. The Morgan fingerprint density at radius 2 is 2.10 bits per heavy atom. The fraction of sp³-hybridized carbons (Fsp3) is 0.125. The second kappa shape index (κ2) is 5.25. The molecular formula is C16H12FNO2. The van der Waals surface area contributed by atoms with Crippen LogP contribution in [0.3, 0.4) is 0 Å². The predicted molar refractivity (Wildman–Crippen MR) is 74.5 cm³/mol. The molecule has 0 N–H and O–H groups in total. The van der Waals surface area contributed by atoms with Crippen LogP contribution in [0.2, 0.25) is 0 Å². The number of carbonyl (C=O) groups is 1. The highest BCUT2D eigenvalue weighted by molar-refractivity contribution is 5.95. The van der Waals surface area contributed by atoms with Gasteiger partial charge in [0.1, 0.15) is 12.9 Å². The molecule has 0 atom stereocenters. The Balaban J connectivity index is 1.68. The van der Waals surface area contributed by atoms with Crippen LogP contribution in [-0.4, -0.2) is 18.6 Å². The van der Waals surface area contributed by atoms with Crippen LogP contribution in [0.1, 0.15) is 15.9 Å². The number of nitrogens with zero attached hydrogens (tertiary/aromatic N) is 1. The molecule has 1 aliphatic rings.